The van der Waals surface area contributed by atoms with Gasteiger partial charge >= 0.3 is 5.97 Å². The molecule has 1 fully saturated rings. The van der Waals surface area contributed by atoms with Crippen LogP contribution < -0.4 is 0 Å². The molecule has 0 saturated heterocycles. The molecule has 1 aliphatic rings. The second kappa shape index (κ2) is 6.96. The maximum Gasteiger partial charge on any atom is 0.339 e. The third kappa shape index (κ3) is 3.96. The Labute approximate surface area is 118 Å². The van der Waals surface area contributed by atoms with E-state index in [1.165, 1.54) is 0 Å². The van der Waals surface area contributed by atoms with Crippen molar-refractivity contribution in [3.63, 3.8) is 0 Å². The number of carbonyl (C=O) groups excluding carboxylic acids is 1. The van der Waals surface area contributed by atoms with Crippen LogP contribution in [0.25, 0.3) is 0 Å². The van der Waals surface area contributed by atoms with E-state index in [2.05, 4.69) is 0 Å². The number of aliphatic hydroxyl groups is 1. The lowest BCUT2D eigenvalue weighted by atomic mass is 10.1. The molecule has 0 radical (unpaired) electrons. The molecule has 0 spiro atoms. The zero-order valence-electron chi connectivity index (χ0n) is 9.54. The zero-order valence-corrected chi connectivity index (χ0v) is 11.9. The van der Waals surface area contributed by atoms with Gasteiger partial charge in [-0.2, -0.15) is 0 Å². The normalized spacial score (nSPS) is 17.2. The quantitative estimate of drug-likeness (QED) is 0.675. The Morgan fingerprint density at radius 1 is 1.24 bits per heavy atom. The van der Waals surface area contributed by atoms with E-state index in [4.69, 9.17) is 4.74 Å². The van der Waals surface area contributed by atoms with Gasteiger partial charge in [-0.25, -0.2) is 4.79 Å². The van der Waals surface area contributed by atoms with Gasteiger partial charge in [-0.05, 0) is 31.2 Å². The molecule has 4 heteroatoms. The van der Waals surface area contributed by atoms with Gasteiger partial charge in [0.1, 0.15) is 6.10 Å². The van der Waals surface area contributed by atoms with Crippen LogP contribution in [0.2, 0.25) is 0 Å². The molecule has 0 aliphatic heterocycles. The second-order valence-corrected chi connectivity index (χ2v) is 4.16. The van der Waals surface area contributed by atoms with Crippen LogP contribution in [0.15, 0.2) is 30.3 Å². The maximum absolute atomic E-state index is 11.6. The first-order chi connectivity index (χ1) is 7.77. The highest BCUT2D eigenvalue weighted by Gasteiger charge is 2.24. The van der Waals surface area contributed by atoms with Crippen LogP contribution in [-0.4, -0.2) is 17.2 Å². The molecule has 0 bridgehead atoms. The van der Waals surface area contributed by atoms with E-state index in [0.717, 1.165) is 25.7 Å². The van der Waals surface area contributed by atoms with E-state index in [9.17, 15) is 9.90 Å². The summed E-state index contributed by atoms with van der Waals surface area (Å²) in [4.78, 5) is 11.6. The molecule has 17 heavy (non-hydrogen) atoms. The fourth-order valence-corrected chi connectivity index (χ4v) is 2.01. The number of benzene rings is 1. The predicted molar refractivity (Wildman–Crippen MR) is 75.2 cm³/mol. The van der Waals surface area contributed by atoms with Crippen molar-refractivity contribution in [1.29, 1.82) is 0 Å². The standard InChI is InChI=1S/C13H16O3.HI/c14-12(10-6-2-1-3-7-10)13(15)16-11-8-4-5-9-11;/h1-3,6-7,11-12,14H,4-5,8-9H2;1H. The molecule has 94 valence electrons. The molecule has 1 unspecified atom stereocenters. The maximum atomic E-state index is 11.6. The third-order valence-electron chi connectivity index (χ3n) is 2.92. The van der Waals surface area contributed by atoms with Gasteiger partial charge in [-0.1, -0.05) is 30.3 Å². The monoisotopic (exact) mass is 348 g/mol. The van der Waals surface area contributed by atoms with E-state index < -0.39 is 12.1 Å². The number of ether oxygens (including phenoxy) is 1. The highest BCUT2D eigenvalue weighted by Crippen LogP contribution is 2.23. The lowest BCUT2D eigenvalue weighted by Gasteiger charge is -2.15. The fourth-order valence-electron chi connectivity index (χ4n) is 2.01. The summed E-state index contributed by atoms with van der Waals surface area (Å²) in [5.74, 6) is -0.530. The highest BCUT2D eigenvalue weighted by molar-refractivity contribution is 14.0. The lowest BCUT2D eigenvalue weighted by Crippen LogP contribution is -2.21. The van der Waals surface area contributed by atoms with Crippen molar-refractivity contribution in [2.45, 2.75) is 37.9 Å². The first-order valence-corrected chi connectivity index (χ1v) is 5.71. The van der Waals surface area contributed by atoms with Gasteiger partial charge in [0, 0.05) is 0 Å². The molecular formula is C13H17IO3. The number of hydrogen-bond acceptors (Lipinski definition) is 3. The number of esters is 1. The Morgan fingerprint density at radius 3 is 2.41 bits per heavy atom. The molecule has 0 amide bonds. The largest absolute Gasteiger partial charge is 0.460 e. The second-order valence-electron chi connectivity index (χ2n) is 4.16. The first kappa shape index (κ1) is 14.4. The summed E-state index contributed by atoms with van der Waals surface area (Å²) in [5, 5.41) is 9.77. The van der Waals surface area contributed by atoms with E-state index in [1.807, 2.05) is 6.07 Å². The van der Waals surface area contributed by atoms with Crippen molar-refractivity contribution in [2.24, 2.45) is 0 Å². The molecule has 1 saturated carbocycles. The Morgan fingerprint density at radius 2 is 1.82 bits per heavy atom. The van der Waals surface area contributed by atoms with E-state index in [-0.39, 0.29) is 30.1 Å². The van der Waals surface area contributed by atoms with E-state index >= 15 is 0 Å². The molecule has 1 aromatic carbocycles. The van der Waals surface area contributed by atoms with Crippen molar-refractivity contribution in [2.75, 3.05) is 0 Å². The van der Waals surface area contributed by atoms with Crippen molar-refractivity contribution in [1.82, 2.24) is 0 Å². The van der Waals surface area contributed by atoms with Crippen LogP contribution in [0, 0.1) is 0 Å². The summed E-state index contributed by atoms with van der Waals surface area (Å²) in [5.41, 5.74) is 0.588. The smallest absolute Gasteiger partial charge is 0.339 e. The van der Waals surface area contributed by atoms with Crippen LogP contribution >= 0.6 is 24.0 Å². The van der Waals surface area contributed by atoms with Gasteiger partial charge in [-0.3, -0.25) is 0 Å². The lowest BCUT2D eigenvalue weighted by molar-refractivity contribution is -0.159. The Balaban J connectivity index is 0.00000144. The average Bonchev–Trinajstić information content (AvgIpc) is 2.82. The summed E-state index contributed by atoms with van der Waals surface area (Å²) in [6.45, 7) is 0. The van der Waals surface area contributed by atoms with Gasteiger partial charge in [-0.15, -0.1) is 24.0 Å². The van der Waals surface area contributed by atoms with Gasteiger partial charge in [0.15, 0.2) is 6.10 Å². The molecular weight excluding hydrogens is 331 g/mol. The van der Waals surface area contributed by atoms with Gasteiger partial charge in [0.2, 0.25) is 0 Å². The Kier molecular flexibility index (Phi) is 5.91. The Bertz CT molecular complexity index is 347. The minimum Gasteiger partial charge on any atom is -0.460 e. The molecule has 1 aromatic rings. The number of rotatable bonds is 3. The van der Waals surface area contributed by atoms with Crippen LogP contribution in [-0.2, 0) is 9.53 Å². The minimum atomic E-state index is -1.15. The van der Waals surface area contributed by atoms with Crippen LogP contribution in [0.4, 0.5) is 0 Å². The number of aliphatic hydroxyl groups excluding tert-OH is 1. The average molecular weight is 348 g/mol. The number of halogens is 1. The molecule has 0 aromatic heterocycles. The van der Waals surface area contributed by atoms with Crippen LogP contribution in [0.1, 0.15) is 37.4 Å². The predicted octanol–water partition coefficient (Wildman–Crippen LogP) is 2.82. The van der Waals surface area contributed by atoms with Crippen molar-refractivity contribution < 1.29 is 14.6 Å². The number of hydrogen-bond donors (Lipinski definition) is 1. The molecule has 1 atom stereocenters. The topological polar surface area (TPSA) is 46.5 Å². The fraction of sp³-hybridized carbons (Fsp3) is 0.462. The van der Waals surface area contributed by atoms with E-state index in [1.54, 1.807) is 24.3 Å². The third-order valence-corrected chi connectivity index (χ3v) is 2.92. The van der Waals surface area contributed by atoms with Gasteiger partial charge in [0.25, 0.3) is 0 Å². The summed E-state index contributed by atoms with van der Waals surface area (Å²) < 4.78 is 5.24. The SMILES string of the molecule is I.O=C(OC1CCCC1)C(O)c1ccccc1. The number of carbonyl (C=O) groups is 1. The van der Waals surface area contributed by atoms with Crippen molar-refractivity contribution >= 4 is 29.9 Å². The Hall–Kier alpha value is -0.620. The summed E-state index contributed by atoms with van der Waals surface area (Å²) in [7, 11) is 0. The highest BCUT2D eigenvalue weighted by atomic mass is 127. The van der Waals surface area contributed by atoms with Gasteiger partial charge < -0.3 is 9.84 Å². The van der Waals surface area contributed by atoms with E-state index in [0.29, 0.717) is 5.56 Å². The minimum absolute atomic E-state index is 0. The first-order valence-electron chi connectivity index (χ1n) is 5.71. The van der Waals surface area contributed by atoms with Crippen molar-refractivity contribution in [3.8, 4) is 0 Å². The van der Waals surface area contributed by atoms with Gasteiger partial charge in [0.05, 0.1) is 0 Å². The molecule has 1 N–H and O–H groups in total. The molecule has 3 nitrogen and oxygen atoms in total. The summed E-state index contributed by atoms with van der Waals surface area (Å²) >= 11 is 0. The van der Waals surface area contributed by atoms with Crippen LogP contribution in [0.3, 0.4) is 0 Å². The van der Waals surface area contributed by atoms with Crippen LogP contribution in [0.5, 0.6) is 0 Å². The molecule has 1 aliphatic carbocycles. The zero-order chi connectivity index (χ0) is 11.4. The van der Waals surface area contributed by atoms with Crippen molar-refractivity contribution in [3.05, 3.63) is 35.9 Å². The summed E-state index contributed by atoms with van der Waals surface area (Å²) in [6, 6.07) is 8.88. The molecule has 2 rings (SSSR count). The summed E-state index contributed by atoms with van der Waals surface area (Å²) in [6.07, 6.45) is 2.92. The molecule has 0 heterocycles.